The second-order valence-corrected chi connectivity index (χ2v) is 3.47. The van der Waals surface area contributed by atoms with Crippen molar-refractivity contribution in [1.82, 2.24) is 5.32 Å². The highest BCUT2D eigenvalue weighted by Crippen LogP contribution is 2.10. The van der Waals surface area contributed by atoms with Crippen molar-refractivity contribution in [2.75, 3.05) is 5.73 Å². The molecule has 1 aromatic carbocycles. The molecule has 1 atom stereocenters. The quantitative estimate of drug-likeness (QED) is 0.577. The maximum Gasteiger partial charge on any atom is 0.224 e. The van der Waals surface area contributed by atoms with Crippen LogP contribution < -0.4 is 11.1 Å². The molecule has 0 bridgehead atoms. The molecule has 0 aliphatic carbocycles. The van der Waals surface area contributed by atoms with Crippen LogP contribution in [0.4, 0.5) is 5.69 Å². The molecule has 0 spiro atoms. The molecule has 3 heteroatoms. The molecule has 0 fully saturated rings. The molecule has 0 aromatic heterocycles. The number of benzene rings is 1. The van der Waals surface area contributed by atoms with Crippen LogP contribution in [0, 0.1) is 0 Å². The summed E-state index contributed by atoms with van der Waals surface area (Å²) in [7, 11) is 0. The number of rotatable bonds is 4. The van der Waals surface area contributed by atoms with E-state index in [9.17, 15) is 4.79 Å². The van der Waals surface area contributed by atoms with E-state index < -0.39 is 0 Å². The van der Waals surface area contributed by atoms with Crippen molar-refractivity contribution in [1.29, 1.82) is 0 Å². The number of hydrogen-bond donors (Lipinski definition) is 2. The zero-order valence-electron chi connectivity index (χ0n) is 8.86. The van der Waals surface area contributed by atoms with Crippen LogP contribution in [0.5, 0.6) is 0 Å². The number of amides is 1. The van der Waals surface area contributed by atoms with Crippen molar-refractivity contribution in [2.45, 2.75) is 19.4 Å². The molecular formula is C12H16N2O. The van der Waals surface area contributed by atoms with Crippen LogP contribution in [0.1, 0.15) is 12.5 Å². The maximum absolute atomic E-state index is 11.5. The number of nitrogens with two attached hydrogens (primary N) is 1. The molecule has 3 N–H and O–H groups in total. The summed E-state index contributed by atoms with van der Waals surface area (Å²) in [6.45, 7) is 5.47. The van der Waals surface area contributed by atoms with Gasteiger partial charge >= 0.3 is 0 Å². The highest BCUT2D eigenvalue weighted by atomic mass is 16.1. The minimum absolute atomic E-state index is 0.0116. The fourth-order valence-corrected chi connectivity index (χ4v) is 1.23. The predicted octanol–water partition coefficient (Wildman–Crippen LogP) is 1.50. The summed E-state index contributed by atoms with van der Waals surface area (Å²) >= 11 is 0. The molecule has 1 amide bonds. The first-order valence-corrected chi connectivity index (χ1v) is 4.88. The fourth-order valence-electron chi connectivity index (χ4n) is 1.23. The molecule has 0 saturated carbocycles. The minimum atomic E-state index is -0.0414. The number of anilines is 1. The van der Waals surface area contributed by atoms with Gasteiger partial charge in [-0.1, -0.05) is 24.3 Å². The van der Waals surface area contributed by atoms with E-state index in [-0.39, 0.29) is 11.9 Å². The van der Waals surface area contributed by atoms with E-state index in [0.717, 1.165) is 5.56 Å². The second kappa shape index (κ2) is 5.20. The van der Waals surface area contributed by atoms with Gasteiger partial charge in [0.2, 0.25) is 5.91 Å². The van der Waals surface area contributed by atoms with Crippen molar-refractivity contribution in [2.24, 2.45) is 0 Å². The molecular weight excluding hydrogens is 188 g/mol. The van der Waals surface area contributed by atoms with E-state index in [0.29, 0.717) is 12.1 Å². The monoisotopic (exact) mass is 204 g/mol. The van der Waals surface area contributed by atoms with E-state index in [1.54, 1.807) is 12.1 Å². The van der Waals surface area contributed by atoms with E-state index in [1.807, 2.05) is 25.1 Å². The van der Waals surface area contributed by atoms with Gasteiger partial charge in [0.05, 0.1) is 6.42 Å². The van der Waals surface area contributed by atoms with Gasteiger partial charge in [-0.25, -0.2) is 0 Å². The van der Waals surface area contributed by atoms with Crippen LogP contribution in [-0.2, 0) is 11.2 Å². The lowest BCUT2D eigenvalue weighted by Crippen LogP contribution is -2.32. The molecule has 15 heavy (non-hydrogen) atoms. The van der Waals surface area contributed by atoms with Crippen LogP contribution >= 0.6 is 0 Å². The Labute approximate surface area is 90.0 Å². The first kappa shape index (κ1) is 11.3. The fraction of sp³-hybridized carbons (Fsp3) is 0.250. The third-order valence-electron chi connectivity index (χ3n) is 2.15. The van der Waals surface area contributed by atoms with Crippen molar-refractivity contribution in [3.63, 3.8) is 0 Å². The Bertz CT molecular complexity index is 360. The smallest absolute Gasteiger partial charge is 0.224 e. The molecule has 1 aromatic rings. The molecule has 1 unspecified atom stereocenters. The Balaban J connectivity index is 2.59. The average Bonchev–Trinajstić information content (AvgIpc) is 2.21. The molecule has 80 valence electrons. The van der Waals surface area contributed by atoms with Crippen LogP contribution in [-0.4, -0.2) is 11.9 Å². The number of carbonyl (C=O) groups excluding carboxylic acids is 1. The number of nitrogen functional groups attached to an aromatic ring is 1. The van der Waals surface area contributed by atoms with Crippen LogP contribution in [0.15, 0.2) is 36.9 Å². The molecule has 0 aliphatic rings. The highest BCUT2D eigenvalue weighted by molar-refractivity contribution is 5.80. The summed E-state index contributed by atoms with van der Waals surface area (Å²) < 4.78 is 0. The molecule has 0 aliphatic heterocycles. The standard InChI is InChI=1S/C12H16N2O/c1-3-9(2)14-12(15)8-10-6-4-5-7-11(10)13/h3-7,9H,1,8,13H2,2H3,(H,14,15). The molecule has 1 rings (SSSR count). The Kier molecular flexibility index (Phi) is 3.92. The topological polar surface area (TPSA) is 55.1 Å². The van der Waals surface area contributed by atoms with Gasteiger partial charge in [-0.3, -0.25) is 4.79 Å². The first-order chi connectivity index (χ1) is 7.13. The molecule has 3 nitrogen and oxygen atoms in total. The Hall–Kier alpha value is -1.77. The molecule has 0 heterocycles. The first-order valence-electron chi connectivity index (χ1n) is 4.88. The molecule has 0 radical (unpaired) electrons. The third-order valence-corrected chi connectivity index (χ3v) is 2.15. The van der Waals surface area contributed by atoms with Gasteiger partial charge in [0.1, 0.15) is 0 Å². The lowest BCUT2D eigenvalue weighted by Gasteiger charge is -2.10. The number of para-hydroxylation sites is 1. The lowest BCUT2D eigenvalue weighted by molar-refractivity contribution is -0.120. The normalized spacial score (nSPS) is 11.8. The zero-order valence-corrected chi connectivity index (χ0v) is 8.86. The predicted molar refractivity (Wildman–Crippen MR) is 62.4 cm³/mol. The minimum Gasteiger partial charge on any atom is -0.398 e. The summed E-state index contributed by atoms with van der Waals surface area (Å²) in [5.41, 5.74) is 7.24. The largest absolute Gasteiger partial charge is 0.398 e. The third kappa shape index (κ3) is 3.46. The summed E-state index contributed by atoms with van der Waals surface area (Å²) in [5.74, 6) is -0.0414. The van der Waals surface area contributed by atoms with E-state index in [1.165, 1.54) is 0 Å². The summed E-state index contributed by atoms with van der Waals surface area (Å²) in [6, 6.07) is 7.36. The van der Waals surface area contributed by atoms with Gasteiger partial charge in [-0.05, 0) is 18.6 Å². The van der Waals surface area contributed by atoms with E-state index in [4.69, 9.17) is 5.73 Å². The van der Waals surface area contributed by atoms with Crippen molar-refractivity contribution >= 4 is 11.6 Å². The highest BCUT2D eigenvalue weighted by Gasteiger charge is 2.07. The van der Waals surface area contributed by atoms with Gasteiger partial charge < -0.3 is 11.1 Å². The van der Waals surface area contributed by atoms with Gasteiger partial charge in [0, 0.05) is 11.7 Å². The Morgan fingerprint density at radius 2 is 2.27 bits per heavy atom. The SMILES string of the molecule is C=CC(C)NC(=O)Cc1ccccc1N. The van der Waals surface area contributed by atoms with Gasteiger partial charge in [0.25, 0.3) is 0 Å². The zero-order chi connectivity index (χ0) is 11.3. The number of carbonyl (C=O) groups is 1. The van der Waals surface area contributed by atoms with Gasteiger partial charge in [0.15, 0.2) is 0 Å². The summed E-state index contributed by atoms with van der Waals surface area (Å²) in [5, 5.41) is 2.79. The van der Waals surface area contributed by atoms with Crippen LogP contribution in [0.25, 0.3) is 0 Å². The Morgan fingerprint density at radius 1 is 1.60 bits per heavy atom. The summed E-state index contributed by atoms with van der Waals surface area (Å²) in [4.78, 5) is 11.5. The second-order valence-electron chi connectivity index (χ2n) is 3.47. The van der Waals surface area contributed by atoms with Gasteiger partial charge in [-0.2, -0.15) is 0 Å². The number of hydrogen-bond acceptors (Lipinski definition) is 2. The summed E-state index contributed by atoms with van der Waals surface area (Å²) in [6.07, 6.45) is 2.00. The van der Waals surface area contributed by atoms with E-state index in [2.05, 4.69) is 11.9 Å². The maximum atomic E-state index is 11.5. The van der Waals surface area contributed by atoms with Crippen molar-refractivity contribution < 1.29 is 4.79 Å². The van der Waals surface area contributed by atoms with Crippen LogP contribution in [0.3, 0.4) is 0 Å². The van der Waals surface area contributed by atoms with Gasteiger partial charge in [-0.15, -0.1) is 6.58 Å². The van der Waals surface area contributed by atoms with E-state index >= 15 is 0 Å². The average molecular weight is 204 g/mol. The van der Waals surface area contributed by atoms with Crippen LogP contribution in [0.2, 0.25) is 0 Å². The van der Waals surface area contributed by atoms with Crippen molar-refractivity contribution in [3.8, 4) is 0 Å². The molecule has 0 saturated heterocycles. The Morgan fingerprint density at radius 3 is 2.87 bits per heavy atom. The number of nitrogens with one attached hydrogen (secondary N) is 1. The lowest BCUT2D eigenvalue weighted by atomic mass is 10.1. The van der Waals surface area contributed by atoms with Crippen molar-refractivity contribution in [3.05, 3.63) is 42.5 Å².